The first-order valence-corrected chi connectivity index (χ1v) is 44.9. The van der Waals surface area contributed by atoms with Gasteiger partial charge in [-0.2, -0.15) is 10.2 Å². The van der Waals surface area contributed by atoms with Gasteiger partial charge >= 0.3 is 0 Å². The lowest BCUT2D eigenvalue weighted by Gasteiger charge is -2.17. The number of benzene rings is 3. The van der Waals surface area contributed by atoms with Crippen LogP contribution in [0.4, 0.5) is 11.4 Å². The lowest BCUT2D eigenvalue weighted by atomic mass is 9.90. The lowest BCUT2D eigenvalue weighted by Crippen LogP contribution is -2.35. The Balaban J connectivity index is 0.724. The van der Waals surface area contributed by atoms with E-state index in [0.717, 1.165) is 28.7 Å². The normalized spacial score (nSPS) is 12.2. The fraction of sp³-hybridized carbons (Fsp3) is 0.703. The molecule has 0 bridgehead atoms. The number of allylic oxidation sites excluding steroid dienone is 1. The molecular weight excluding hydrogens is 1670 g/mol. The van der Waals surface area contributed by atoms with Crippen molar-refractivity contribution in [2.75, 3.05) is 343 Å². The molecule has 1 aliphatic rings. The van der Waals surface area contributed by atoms with Crippen LogP contribution in [0.3, 0.4) is 0 Å². The fourth-order valence-electron chi connectivity index (χ4n) is 11.2. The van der Waals surface area contributed by atoms with Gasteiger partial charge in [-0.15, -0.1) is 0 Å². The summed E-state index contributed by atoms with van der Waals surface area (Å²) in [6, 6.07) is 18.3. The quantitative estimate of drug-likeness (QED) is 0.0288. The maximum Gasteiger partial charge on any atom is 0.251 e. The van der Waals surface area contributed by atoms with E-state index in [2.05, 4.69) is 77.9 Å². The van der Waals surface area contributed by atoms with Crippen LogP contribution in [-0.4, -0.2) is 383 Å². The Hall–Kier alpha value is -7.07. The van der Waals surface area contributed by atoms with E-state index in [1.807, 2.05) is 24.3 Å². The Morgan fingerprint density at radius 1 is 0.328 bits per heavy atom. The second-order valence-corrected chi connectivity index (χ2v) is 28.9. The zero-order valence-corrected chi connectivity index (χ0v) is 76.4. The SMILES string of the molecule is C=C1C=CC(=O)N1CCC(=O)NCCOCCOCCOCCOCCOCCOCCOCCOCCOCCOCCOCCOCCOCCOCCOCCOCCOCCOCCOCCOCCOCCOCCOCCOCCC(=O)NCCNC(=O)c1ccc(N=Nc2ccc(CNC(=O)CCCc3cc(C(C)C)c(O)c(C(C)C)c3)cc2)cc1. The van der Waals surface area contributed by atoms with Crippen LogP contribution in [-0.2, 0) is 146 Å². The highest BCUT2D eigenvalue weighted by molar-refractivity contribution is 5.94. The van der Waals surface area contributed by atoms with Crippen molar-refractivity contribution >= 4 is 40.9 Å². The molecule has 5 amide bonds. The molecular formula is C91H149N7O30. The smallest absolute Gasteiger partial charge is 0.251 e. The summed E-state index contributed by atoms with van der Waals surface area (Å²) in [5, 5.41) is 30.7. The van der Waals surface area contributed by atoms with E-state index in [4.69, 9.17) is 114 Å². The van der Waals surface area contributed by atoms with Crippen LogP contribution in [0, 0.1) is 0 Å². The van der Waals surface area contributed by atoms with Crippen LogP contribution < -0.4 is 21.3 Å². The molecule has 3 aromatic carbocycles. The second kappa shape index (κ2) is 81.9. The Bertz CT molecular complexity index is 3250. The molecule has 0 aromatic heterocycles. The number of carbonyl (C=O) groups excluding carboxylic acids is 5. The predicted molar refractivity (Wildman–Crippen MR) is 475 cm³/mol. The summed E-state index contributed by atoms with van der Waals surface area (Å²) >= 11 is 0. The lowest BCUT2D eigenvalue weighted by molar-refractivity contribution is -0.125. The highest BCUT2D eigenvalue weighted by Gasteiger charge is 2.20. The van der Waals surface area contributed by atoms with Crippen molar-refractivity contribution in [3.05, 3.63) is 113 Å². The minimum Gasteiger partial charge on any atom is -0.507 e. The molecule has 5 N–H and O–H groups in total. The average Bonchev–Trinajstić information content (AvgIpc) is 1.08. The highest BCUT2D eigenvalue weighted by Crippen LogP contribution is 2.35. The van der Waals surface area contributed by atoms with Crippen LogP contribution in [0.25, 0.3) is 0 Å². The first-order chi connectivity index (χ1) is 62.8. The maximum atomic E-state index is 12.7. The predicted octanol–water partition coefficient (Wildman–Crippen LogP) is 6.75. The Kier molecular flexibility index (Phi) is 72.4. The van der Waals surface area contributed by atoms with Gasteiger partial charge in [-0.25, -0.2) is 0 Å². The van der Waals surface area contributed by atoms with E-state index < -0.39 is 0 Å². The Morgan fingerprint density at radius 3 is 0.906 bits per heavy atom. The Labute approximate surface area is 757 Å². The molecule has 0 aliphatic carbocycles. The third-order valence-corrected chi connectivity index (χ3v) is 18.1. The zero-order valence-electron chi connectivity index (χ0n) is 76.4. The van der Waals surface area contributed by atoms with Crippen molar-refractivity contribution in [1.82, 2.24) is 26.2 Å². The first kappa shape index (κ1) is 113. The van der Waals surface area contributed by atoms with Crippen molar-refractivity contribution in [3.8, 4) is 5.75 Å². The molecule has 0 saturated carbocycles. The van der Waals surface area contributed by atoms with Crippen LogP contribution >= 0.6 is 0 Å². The number of rotatable bonds is 92. The molecule has 0 saturated heterocycles. The average molecular weight is 1820 g/mol. The number of hydrogen-bond donors (Lipinski definition) is 5. The molecule has 37 heteroatoms. The Morgan fingerprint density at radius 2 is 0.602 bits per heavy atom. The molecule has 3 aromatic rings. The largest absolute Gasteiger partial charge is 0.507 e. The van der Waals surface area contributed by atoms with Gasteiger partial charge in [-0.1, -0.05) is 58.5 Å². The monoisotopic (exact) mass is 1820 g/mol. The summed E-state index contributed by atoms with van der Waals surface area (Å²) in [6.45, 7) is 35.0. The van der Waals surface area contributed by atoms with Gasteiger partial charge in [0.15, 0.2) is 0 Å². The number of carbonyl (C=O) groups is 5. The molecule has 0 radical (unpaired) electrons. The van der Waals surface area contributed by atoms with Gasteiger partial charge < -0.3 is 145 Å². The highest BCUT2D eigenvalue weighted by atomic mass is 16.6. The van der Waals surface area contributed by atoms with E-state index >= 15 is 0 Å². The molecule has 728 valence electrons. The minimum absolute atomic E-state index is 0.0185. The second-order valence-electron chi connectivity index (χ2n) is 28.9. The molecule has 0 atom stereocenters. The molecule has 1 heterocycles. The fourth-order valence-corrected chi connectivity index (χ4v) is 11.2. The van der Waals surface area contributed by atoms with Gasteiger partial charge in [0.25, 0.3) is 11.8 Å². The third kappa shape index (κ3) is 64.7. The minimum atomic E-state index is -0.278. The number of hydrogen-bond acceptors (Lipinski definition) is 32. The molecule has 1 aliphatic heterocycles. The number of azo groups is 1. The van der Waals surface area contributed by atoms with Crippen molar-refractivity contribution in [3.63, 3.8) is 0 Å². The van der Waals surface area contributed by atoms with Crippen molar-refractivity contribution < 1.29 is 143 Å². The molecule has 4 rings (SSSR count). The van der Waals surface area contributed by atoms with Gasteiger partial charge in [0.05, 0.1) is 329 Å². The standard InChI is InChI=1S/C91H149N7O30/c1-76(2)84-73-80(74-85(77(3)4)90(84)103)7-6-8-86(99)95-75-79-10-14-82(15-11-79)96-97-83-16-12-81(13-17-83)91(104)94-22-21-92-88(101)20-25-105-27-29-107-31-33-109-35-37-111-39-41-113-43-45-115-47-49-117-51-53-119-55-57-121-59-61-123-63-65-125-67-69-127-71-72-128-70-68-126-66-64-124-62-60-122-58-56-120-54-52-118-50-48-116-46-44-114-42-40-112-38-36-110-34-32-108-30-28-106-26-23-93-87(100)19-24-98-78(5)9-18-89(98)102/h9-18,73-74,76-77,103H,5-8,19-72,75H2,1-4H3,(H,92,101)(H,93,100)(H,94,104)(H,95,99). The van der Waals surface area contributed by atoms with Crippen LogP contribution in [0.1, 0.15) is 97.8 Å². The number of ether oxygens (including phenoxy) is 24. The van der Waals surface area contributed by atoms with Gasteiger partial charge in [0.1, 0.15) is 5.75 Å². The summed E-state index contributed by atoms with van der Waals surface area (Å²) in [6.07, 6.45) is 5.33. The molecule has 128 heavy (non-hydrogen) atoms. The topological polar surface area (TPSA) is 403 Å². The summed E-state index contributed by atoms with van der Waals surface area (Å²) in [5.41, 5.74) is 6.23. The van der Waals surface area contributed by atoms with Gasteiger partial charge in [0.2, 0.25) is 17.7 Å². The van der Waals surface area contributed by atoms with Gasteiger partial charge in [0, 0.05) is 69.3 Å². The molecule has 0 fully saturated rings. The number of nitrogens with zero attached hydrogens (tertiary/aromatic N) is 3. The van der Waals surface area contributed by atoms with Crippen molar-refractivity contribution in [2.45, 2.75) is 78.2 Å². The van der Waals surface area contributed by atoms with E-state index in [-0.39, 0.29) is 73.9 Å². The number of amides is 5. The number of phenols is 1. The van der Waals surface area contributed by atoms with Crippen LogP contribution in [0.2, 0.25) is 0 Å². The van der Waals surface area contributed by atoms with E-state index in [0.29, 0.717) is 371 Å². The number of nitrogens with one attached hydrogen (secondary N) is 4. The summed E-state index contributed by atoms with van der Waals surface area (Å²) in [5.74, 6) is 0.00686. The molecule has 0 unspecified atom stereocenters. The van der Waals surface area contributed by atoms with Crippen LogP contribution in [0.15, 0.2) is 95.3 Å². The maximum absolute atomic E-state index is 12.7. The van der Waals surface area contributed by atoms with Gasteiger partial charge in [-0.05, 0) is 89.4 Å². The number of aromatic hydroxyl groups is 1. The van der Waals surface area contributed by atoms with Crippen LogP contribution in [0.5, 0.6) is 5.75 Å². The number of aryl methyl sites for hydroxylation is 1. The summed E-state index contributed by atoms with van der Waals surface area (Å²) in [4.78, 5) is 62.7. The van der Waals surface area contributed by atoms with Crippen molar-refractivity contribution in [1.29, 1.82) is 0 Å². The van der Waals surface area contributed by atoms with Gasteiger partial charge in [-0.3, -0.25) is 24.0 Å². The zero-order chi connectivity index (χ0) is 91.5. The van der Waals surface area contributed by atoms with E-state index in [1.54, 1.807) is 30.3 Å². The summed E-state index contributed by atoms with van der Waals surface area (Å²) < 4.78 is 133. The van der Waals surface area contributed by atoms with E-state index in [1.165, 1.54) is 11.0 Å². The molecule has 0 spiro atoms. The van der Waals surface area contributed by atoms with Crippen molar-refractivity contribution in [2.24, 2.45) is 10.2 Å². The third-order valence-electron chi connectivity index (χ3n) is 18.1. The number of phenolic OH excluding ortho intramolecular Hbond substituents is 1. The first-order valence-electron chi connectivity index (χ1n) is 44.9. The summed E-state index contributed by atoms with van der Waals surface area (Å²) in [7, 11) is 0. The molecule has 37 nitrogen and oxygen atoms in total. The van der Waals surface area contributed by atoms with E-state index in [9.17, 15) is 29.1 Å².